The molecule has 42 heavy (non-hydrogen) atoms. The molecule has 0 saturated carbocycles. The first-order valence-electron chi connectivity index (χ1n) is 14.7. The van der Waals surface area contributed by atoms with Gasteiger partial charge in [-0.05, 0) is 49.7 Å². The number of fused-ring (bicyclic) bond motifs is 2. The SMILES string of the molecule is C1CCCNCC1.O=C(c1cc(Cc2c[nH]c(=O)c3cc(Cl)c(Cl)n23)ccc1F)C12CCC[N+]1(Cc1c[nH]nn1)CC2. The van der Waals surface area contributed by atoms with Gasteiger partial charge in [-0.25, -0.2) is 4.39 Å². The number of quaternary nitrogens is 1. The van der Waals surface area contributed by atoms with E-state index in [0.717, 1.165) is 43.6 Å². The van der Waals surface area contributed by atoms with Gasteiger partial charge in [0.1, 0.15) is 28.7 Å². The van der Waals surface area contributed by atoms with Crippen LogP contribution in [0.5, 0.6) is 0 Å². The first-order chi connectivity index (χ1) is 20.3. The third kappa shape index (κ3) is 5.19. The lowest BCUT2D eigenvalue weighted by Gasteiger charge is -2.56. The average Bonchev–Trinajstić information content (AvgIpc) is 3.56. The quantitative estimate of drug-likeness (QED) is 0.208. The standard InChI is InChI=1S/C24H21Cl2FN6O2.C6H13N/c25-18-10-20-23(35)28-12-16(32(20)22(18)26)8-14-2-3-19(27)17(9-14)21(34)24-4-1-6-33(24,7-5-24)13-15-11-29-31-30-15;1-2-4-6-7-5-3-1/h2-3,9-12H,1,4-8,13H2,(H-,28,29,30,31,35);7H,1-6H2/p+1. The van der Waals surface area contributed by atoms with Crippen LogP contribution in [-0.2, 0) is 13.0 Å². The van der Waals surface area contributed by atoms with E-state index in [-0.39, 0.29) is 27.1 Å². The number of halogens is 3. The van der Waals surface area contributed by atoms with Crippen molar-refractivity contribution in [3.05, 3.63) is 85.5 Å². The van der Waals surface area contributed by atoms with E-state index >= 15 is 4.39 Å². The molecular formula is C30H35Cl2FN7O2+. The number of ketones is 1. The van der Waals surface area contributed by atoms with Crippen LogP contribution in [0.4, 0.5) is 4.39 Å². The summed E-state index contributed by atoms with van der Waals surface area (Å²) in [7, 11) is 0. The number of aromatic amines is 2. The van der Waals surface area contributed by atoms with Gasteiger partial charge >= 0.3 is 0 Å². The maximum Gasteiger partial charge on any atom is 0.272 e. The zero-order valence-corrected chi connectivity index (χ0v) is 24.9. The summed E-state index contributed by atoms with van der Waals surface area (Å²) >= 11 is 12.5. The predicted molar refractivity (Wildman–Crippen MR) is 160 cm³/mol. The third-order valence-electron chi connectivity index (χ3n) is 9.30. The van der Waals surface area contributed by atoms with Crippen LogP contribution in [0, 0.1) is 5.82 Å². The molecule has 4 aromatic rings. The van der Waals surface area contributed by atoms with E-state index in [9.17, 15) is 9.59 Å². The van der Waals surface area contributed by atoms with Gasteiger partial charge in [-0.3, -0.25) is 19.1 Å². The van der Waals surface area contributed by atoms with Gasteiger partial charge in [0.15, 0.2) is 5.54 Å². The highest BCUT2D eigenvalue weighted by atomic mass is 35.5. The molecule has 0 amide bonds. The Kier molecular flexibility index (Phi) is 8.24. The highest BCUT2D eigenvalue weighted by molar-refractivity contribution is 6.42. The van der Waals surface area contributed by atoms with Crippen LogP contribution < -0.4 is 10.9 Å². The molecular weight excluding hydrogens is 580 g/mol. The summed E-state index contributed by atoms with van der Waals surface area (Å²) in [6.45, 7) is 4.83. The molecule has 0 aliphatic carbocycles. The number of hydrogen-bond donors (Lipinski definition) is 3. The number of carbonyl (C=O) groups is 1. The van der Waals surface area contributed by atoms with Gasteiger partial charge in [0.05, 0.1) is 36.3 Å². The zero-order valence-electron chi connectivity index (χ0n) is 23.4. The second-order valence-electron chi connectivity index (χ2n) is 11.7. The van der Waals surface area contributed by atoms with Crippen molar-refractivity contribution in [2.75, 3.05) is 26.2 Å². The lowest BCUT2D eigenvalue weighted by Crippen LogP contribution is -2.73. The van der Waals surface area contributed by atoms with Crippen LogP contribution in [0.2, 0.25) is 10.2 Å². The molecule has 12 heteroatoms. The fourth-order valence-electron chi connectivity index (χ4n) is 7.04. The first kappa shape index (κ1) is 29.0. The molecule has 2 unspecified atom stereocenters. The average molecular weight is 616 g/mol. The van der Waals surface area contributed by atoms with E-state index in [1.54, 1.807) is 28.9 Å². The molecule has 0 spiro atoms. The second kappa shape index (κ2) is 11.9. The van der Waals surface area contributed by atoms with E-state index < -0.39 is 11.4 Å². The number of H-pyrrole nitrogens is 2. The summed E-state index contributed by atoms with van der Waals surface area (Å²) in [6.07, 6.45) is 11.7. The van der Waals surface area contributed by atoms with Crippen molar-refractivity contribution in [3.8, 4) is 0 Å². The molecule has 2 atom stereocenters. The molecule has 3 aromatic heterocycles. The lowest BCUT2D eigenvalue weighted by atomic mass is 9.75. The lowest BCUT2D eigenvalue weighted by molar-refractivity contribution is -1.00. The summed E-state index contributed by atoms with van der Waals surface area (Å²) in [5.41, 5.74) is 1.68. The van der Waals surface area contributed by atoms with Crippen LogP contribution in [-0.4, -0.2) is 66.8 Å². The Morgan fingerprint density at radius 3 is 2.57 bits per heavy atom. The Labute approximate surface area is 253 Å². The molecule has 3 aliphatic heterocycles. The first-order valence-corrected chi connectivity index (χ1v) is 15.4. The van der Waals surface area contributed by atoms with Crippen molar-refractivity contribution in [1.82, 2.24) is 30.1 Å². The molecule has 1 aromatic carbocycles. The molecule has 9 nitrogen and oxygen atoms in total. The minimum Gasteiger partial charge on any atom is -0.326 e. The third-order valence-corrected chi connectivity index (χ3v) is 10.1. The summed E-state index contributed by atoms with van der Waals surface area (Å²) in [4.78, 5) is 28.8. The number of Topliss-reactive ketones (excluding diaryl/α,β-unsaturated/α-hetero) is 1. The van der Waals surface area contributed by atoms with E-state index in [1.165, 1.54) is 50.9 Å². The molecule has 7 rings (SSSR count). The van der Waals surface area contributed by atoms with Crippen LogP contribution in [0.25, 0.3) is 5.52 Å². The fraction of sp³-hybridized carbons (Fsp3) is 0.467. The van der Waals surface area contributed by atoms with Crippen LogP contribution in [0.1, 0.15) is 72.3 Å². The molecule has 3 aliphatic rings. The molecule has 222 valence electrons. The van der Waals surface area contributed by atoms with Crippen LogP contribution in [0.15, 0.2) is 41.5 Å². The van der Waals surface area contributed by atoms with Gasteiger partial charge < -0.3 is 14.8 Å². The Morgan fingerprint density at radius 1 is 1.05 bits per heavy atom. The van der Waals surface area contributed by atoms with Gasteiger partial charge in [0, 0.05) is 31.2 Å². The smallest absolute Gasteiger partial charge is 0.272 e. The number of hydrogen-bond acceptors (Lipinski definition) is 5. The molecule has 3 saturated heterocycles. The monoisotopic (exact) mass is 614 g/mol. The Morgan fingerprint density at radius 2 is 1.86 bits per heavy atom. The molecule has 0 bridgehead atoms. The Hall–Kier alpha value is -3.05. The van der Waals surface area contributed by atoms with Gasteiger partial charge in [0.2, 0.25) is 5.78 Å². The molecule has 0 radical (unpaired) electrons. The predicted octanol–water partition coefficient (Wildman–Crippen LogP) is 5.07. The Balaban J connectivity index is 0.000000397. The van der Waals surface area contributed by atoms with Crippen molar-refractivity contribution in [2.24, 2.45) is 0 Å². The van der Waals surface area contributed by atoms with Crippen molar-refractivity contribution in [3.63, 3.8) is 0 Å². The summed E-state index contributed by atoms with van der Waals surface area (Å²) in [5, 5.41) is 14.5. The van der Waals surface area contributed by atoms with Crippen LogP contribution in [0.3, 0.4) is 0 Å². The second-order valence-corrected chi connectivity index (χ2v) is 12.5. The molecule has 3 fully saturated rings. The molecule has 6 heterocycles. The maximum atomic E-state index is 15.1. The summed E-state index contributed by atoms with van der Waals surface area (Å²) in [6, 6.07) is 6.12. The molecule has 3 N–H and O–H groups in total. The van der Waals surface area contributed by atoms with Crippen molar-refractivity contribution in [2.45, 2.75) is 63.5 Å². The largest absolute Gasteiger partial charge is 0.326 e. The minimum atomic E-state index is -0.638. The normalized spacial score (nSPS) is 23.5. The maximum absolute atomic E-state index is 15.1. The topological polar surface area (TPSA) is 108 Å². The van der Waals surface area contributed by atoms with Gasteiger partial charge in [0.25, 0.3) is 5.56 Å². The zero-order chi connectivity index (χ0) is 29.3. The number of carbonyl (C=O) groups excluding carboxylic acids is 1. The van der Waals surface area contributed by atoms with Crippen LogP contribution >= 0.6 is 23.2 Å². The van der Waals surface area contributed by atoms with E-state index in [0.29, 0.717) is 28.7 Å². The number of rotatable bonds is 6. The van der Waals surface area contributed by atoms with Crippen molar-refractivity contribution in [1.29, 1.82) is 0 Å². The number of benzene rings is 1. The Bertz CT molecular complexity index is 1630. The number of nitrogens with zero attached hydrogens (tertiary/aromatic N) is 4. The fourth-order valence-corrected chi connectivity index (χ4v) is 7.48. The highest BCUT2D eigenvalue weighted by Gasteiger charge is 2.67. The van der Waals surface area contributed by atoms with Crippen molar-refractivity contribution >= 4 is 34.5 Å². The van der Waals surface area contributed by atoms with Gasteiger partial charge in [-0.1, -0.05) is 47.3 Å². The van der Waals surface area contributed by atoms with E-state index in [1.807, 2.05) is 0 Å². The summed E-state index contributed by atoms with van der Waals surface area (Å²) < 4.78 is 17.2. The number of aromatic nitrogens is 5. The number of nitrogens with one attached hydrogen (secondary N) is 3. The summed E-state index contributed by atoms with van der Waals surface area (Å²) in [5.74, 6) is -0.683. The van der Waals surface area contributed by atoms with Gasteiger partial charge in [-0.2, -0.15) is 0 Å². The van der Waals surface area contributed by atoms with E-state index in [4.69, 9.17) is 23.2 Å². The highest BCUT2D eigenvalue weighted by Crippen LogP contribution is 2.51. The van der Waals surface area contributed by atoms with Crippen molar-refractivity contribution < 1.29 is 13.7 Å². The van der Waals surface area contributed by atoms with Gasteiger partial charge in [-0.15, -0.1) is 5.10 Å². The van der Waals surface area contributed by atoms with E-state index in [2.05, 4.69) is 25.7 Å². The minimum absolute atomic E-state index is 0.101.